The van der Waals surface area contributed by atoms with Gasteiger partial charge in [-0.2, -0.15) is 5.26 Å². The highest BCUT2D eigenvalue weighted by molar-refractivity contribution is 5.83. The first-order chi connectivity index (χ1) is 7.81. The van der Waals surface area contributed by atoms with Crippen molar-refractivity contribution in [2.24, 2.45) is 0 Å². The fraction of sp³-hybridized carbons (Fsp3) is 0.214. The van der Waals surface area contributed by atoms with Gasteiger partial charge in [-0.3, -0.25) is 5.32 Å². The van der Waals surface area contributed by atoms with Crippen molar-refractivity contribution in [3.63, 3.8) is 0 Å². The van der Waals surface area contributed by atoms with E-state index in [1.807, 2.05) is 12.1 Å². The molecule has 2 aromatic rings. The van der Waals surface area contributed by atoms with E-state index in [1.54, 1.807) is 0 Å². The highest BCUT2D eigenvalue weighted by Gasteiger charge is 2.04. The lowest BCUT2D eigenvalue weighted by atomic mass is 10.0. The predicted octanol–water partition coefficient (Wildman–Crippen LogP) is 3.01. The Bertz CT molecular complexity index is 525. The lowest BCUT2D eigenvalue weighted by Crippen LogP contribution is -2.18. The number of nitriles is 1. The quantitative estimate of drug-likeness (QED) is 0.790. The molecule has 2 nitrogen and oxygen atoms in total. The molecule has 0 radical (unpaired) electrons. The van der Waals surface area contributed by atoms with Crippen LogP contribution in [0.4, 0.5) is 0 Å². The number of hydrogen-bond acceptors (Lipinski definition) is 2. The summed E-state index contributed by atoms with van der Waals surface area (Å²) in [7, 11) is 0. The molecule has 2 heteroatoms. The Kier molecular flexibility index (Phi) is 3.19. The van der Waals surface area contributed by atoms with Crippen molar-refractivity contribution < 1.29 is 0 Å². The second-order valence-corrected chi connectivity index (χ2v) is 3.87. The summed E-state index contributed by atoms with van der Waals surface area (Å²) in [6.45, 7) is 2.45. The summed E-state index contributed by atoms with van der Waals surface area (Å²) in [5.74, 6) is 0. The first kappa shape index (κ1) is 10.7. The molecule has 0 fully saturated rings. The summed E-state index contributed by atoms with van der Waals surface area (Å²) in [4.78, 5) is 0. The molecule has 0 saturated carbocycles. The maximum absolute atomic E-state index is 8.52. The molecule has 0 aliphatic carbocycles. The van der Waals surface area contributed by atoms with Crippen molar-refractivity contribution in [3.8, 4) is 6.07 Å². The van der Waals surface area contributed by atoms with Crippen LogP contribution < -0.4 is 5.32 Å². The third kappa shape index (κ3) is 2.21. The molecule has 2 rings (SSSR count). The molecule has 0 amide bonds. The van der Waals surface area contributed by atoms with Crippen molar-refractivity contribution >= 4 is 10.8 Å². The number of nitrogens with zero attached hydrogens (tertiary/aromatic N) is 1. The lowest BCUT2D eigenvalue weighted by Gasteiger charge is -2.12. The second kappa shape index (κ2) is 4.78. The van der Waals surface area contributed by atoms with E-state index >= 15 is 0 Å². The van der Waals surface area contributed by atoms with Gasteiger partial charge in [-0.15, -0.1) is 0 Å². The van der Waals surface area contributed by atoms with Crippen LogP contribution in [-0.2, 0) is 0 Å². The standard InChI is InChI=1S/C14H14N2/c1-11(16-9-8-15)13-7-6-12-4-2-3-5-14(12)10-13/h2-7,10-11,16H,9H2,1H3. The van der Waals surface area contributed by atoms with E-state index in [-0.39, 0.29) is 6.04 Å². The number of nitrogens with one attached hydrogen (secondary N) is 1. The SMILES string of the molecule is CC(NCC#N)c1ccc2ccccc2c1. The van der Waals surface area contributed by atoms with Gasteiger partial charge in [0.15, 0.2) is 0 Å². The zero-order valence-corrected chi connectivity index (χ0v) is 9.27. The molecule has 2 aromatic carbocycles. The van der Waals surface area contributed by atoms with Crippen LogP contribution in [0, 0.1) is 11.3 Å². The van der Waals surface area contributed by atoms with Gasteiger partial charge in [0.05, 0.1) is 12.6 Å². The highest BCUT2D eigenvalue weighted by atomic mass is 14.9. The molecule has 0 heterocycles. The molecule has 0 aromatic heterocycles. The van der Waals surface area contributed by atoms with Crippen LogP contribution in [0.2, 0.25) is 0 Å². The summed E-state index contributed by atoms with van der Waals surface area (Å²) < 4.78 is 0. The van der Waals surface area contributed by atoms with E-state index in [0.29, 0.717) is 6.54 Å². The summed E-state index contributed by atoms with van der Waals surface area (Å²) >= 11 is 0. The van der Waals surface area contributed by atoms with Crippen LogP contribution in [-0.4, -0.2) is 6.54 Å². The minimum atomic E-state index is 0.212. The van der Waals surface area contributed by atoms with E-state index in [9.17, 15) is 0 Å². The summed E-state index contributed by atoms with van der Waals surface area (Å²) in [6, 6.07) is 17.0. The Hall–Kier alpha value is -1.85. The topological polar surface area (TPSA) is 35.8 Å². The average molecular weight is 210 g/mol. The van der Waals surface area contributed by atoms with E-state index < -0.39 is 0 Å². The molecule has 80 valence electrons. The number of hydrogen-bond donors (Lipinski definition) is 1. The minimum Gasteiger partial charge on any atom is -0.298 e. The Morgan fingerprint density at radius 2 is 1.94 bits per heavy atom. The molecule has 0 spiro atoms. The maximum atomic E-state index is 8.52. The zero-order chi connectivity index (χ0) is 11.4. The average Bonchev–Trinajstić information content (AvgIpc) is 2.35. The number of fused-ring (bicyclic) bond motifs is 1. The minimum absolute atomic E-state index is 0.212. The molecular formula is C14H14N2. The molecule has 16 heavy (non-hydrogen) atoms. The Labute approximate surface area is 95.5 Å². The van der Waals surface area contributed by atoms with Gasteiger partial charge in [0.2, 0.25) is 0 Å². The molecular weight excluding hydrogens is 196 g/mol. The molecule has 1 atom stereocenters. The van der Waals surface area contributed by atoms with Gasteiger partial charge in [-0.1, -0.05) is 36.4 Å². The van der Waals surface area contributed by atoms with Crippen LogP contribution >= 0.6 is 0 Å². The van der Waals surface area contributed by atoms with Crippen molar-refractivity contribution in [1.29, 1.82) is 5.26 Å². The smallest absolute Gasteiger partial charge is 0.0845 e. The van der Waals surface area contributed by atoms with Crippen LogP contribution in [0.1, 0.15) is 18.5 Å². The van der Waals surface area contributed by atoms with Gasteiger partial charge in [0.1, 0.15) is 0 Å². The van der Waals surface area contributed by atoms with Crippen LogP contribution in [0.3, 0.4) is 0 Å². The van der Waals surface area contributed by atoms with Crippen molar-refractivity contribution in [2.75, 3.05) is 6.54 Å². The van der Waals surface area contributed by atoms with E-state index in [4.69, 9.17) is 5.26 Å². The maximum Gasteiger partial charge on any atom is 0.0845 e. The normalized spacial score (nSPS) is 12.2. The van der Waals surface area contributed by atoms with Crippen LogP contribution in [0.25, 0.3) is 10.8 Å². The third-order valence-corrected chi connectivity index (χ3v) is 2.76. The Balaban J connectivity index is 2.29. The molecule has 0 aliphatic rings. The molecule has 0 bridgehead atoms. The fourth-order valence-corrected chi connectivity index (χ4v) is 1.79. The highest BCUT2D eigenvalue weighted by Crippen LogP contribution is 2.19. The molecule has 0 aliphatic heterocycles. The van der Waals surface area contributed by atoms with Gasteiger partial charge in [-0.25, -0.2) is 0 Å². The Morgan fingerprint density at radius 1 is 1.19 bits per heavy atom. The number of rotatable bonds is 3. The summed E-state index contributed by atoms with van der Waals surface area (Å²) in [5.41, 5.74) is 1.22. The van der Waals surface area contributed by atoms with Crippen molar-refractivity contribution in [2.45, 2.75) is 13.0 Å². The lowest BCUT2D eigenvalue weighted by molar-refractivity contribution is 0.622. The summed E-state index contributed by atoms with van der Waals surface area (Å²) in [6.07, 6.45) is 0. The van der Waals surface area contributed by atoms with Gasteiger partial charge >= 0.3 is 0 Å². The first-order valence-electron chi connectivity index (χ1n) is 5.40. The molecule has 1 N–H and O–H groups in total. The van der Waals surface area contributed by atoms with Gasteiger partial charge in [0.25, 0.3) is 0 Å². The summed E-state index contributed by atoms with van der Waals surface area (Å²) in [5, 5.41) is 14.2. The van der Waals surface area contributed by atoms with Crippen molar-refractivity contribution in [1.82, 2.24) is 5.32 Å². The number of benzene rings is 2. The Morgan fingerprint density at radius 3 is 2.69 bits per heavy atom. The fourth-order valence-electron chi connectivity index (χ4n) is 1.79. The predicted molar refractivity (Wildman–Crippen MR) is 66.0 cm³/mol. The zero-order valence-electron chi connectivity index (χ0n) is 9.27. The largest absolute Gasteiger partial charge is 0.298 e. The van der Waals surface area contributed by atoms with Crippen LogP contribution in [0.5, 0.6) is 0 Å². The van der Waals surface area contributed by atoms with E-state index in [0.717, 1.165) is 0 Å². The first-order valence-corrected chi connectivity index (χ1v) is 5.40. The van der Waals surface area contributed by atoms with E-state index in [1.165, 1.54) is 16.3 Å². The van der Waals surface area contributed by atoms with Gasteiger partial charge in [0, 0.05) is 6.04 Å². The molecule has 1 unspecified atom stereocenters. The monoisotopic (exact) mass is 210 g/mol. The van der Waals surface area contributed by atoms with Crippen molar-refractivity contribution in [3.05, 3.63) is 48.0 Å². The van der Waals surface area contributed by atoms with Crippen LogP contribution in [0.15, 0.2) is 42.5 Å². The van der Waals surface area contributed by atoms with Gasteiger partial charge < -0.3 is 0 Å². The molecule has 0 saturated heterocycles. The van der Waals surface area contributed by atoms with E-state index in [2.05, 4.69) is 48.6 Å². The second-order valence-electron chi connectivity index (χ2n) is 3.87. The third-order valence-electron chi connectivity index (χ3n) is 2.76. The van der Waals surface area contributed by atoms with Gasteiger partial charge in [-0.05, 0) is 29.3 Å².